The second-order valence-corrected chi connectivity index (χ2v) is 8.54. The molecule has 0 fully saturated rings. The molecule has 3 nitrogen and oxygen atoms in total. The molecule has 0 radical (unpaired) electrons. The summed E-state index contributed by atoms with van der Waals surface area (Å²) in [5, 5.41) is 0. The minimum atomic E-state index is -0.764. The lowest BCUT2D eigenvalue weighted by Crippen LogP contribution is -2.07. The fourth-order valence-electron chi connectivity index (χ4n) is 3.68. The number of hydrogen-bond acceptors (Lipinski definition) is 3. The topological polar surface area (TPSA) is 35.0 Å². The standard InChI is InChI=1S/C27H41FN2O/c1-3-5-7-9-11-13-23-21-29-27(30-22-23)24-15-17-26(18-16-24)31-20-19-25(28)14-12-10-8-6-4-2/h15-18,21-22,25H,3-14,19-20H2,1-2H3. The Balaban J connectivity index is 1.68. The molecule has 0 aliphatic heterocycles. The van der Waals surface area contributed by atoms with Crippen molar-refractivity contribution in [3.8, 4) is 17.1 Å². The molecule has 0 saturated heterocycles. The zero-order valence-corrected chi connectivity index (χ0v) is 19.6. The van der Waals surface area contributed by atoms with Gasteiger partial charge in [-0.25, -0.2) is 14.4 Å². The average Bonchev–Trinajstić information content (AvgIpc) is 2.80. The molecule has 1 aromatic carbocycles. The van der Waals surface area contributed by atoms with Gasteiger partial charge in [-0.2, -0.15) is 0 Å². The van der Waals surface area contributed by atoms with Crippen molar-refractivity contribution in [1.29, 1.82) is 0 Å². The van der Waals surface area contributed by atoms with Gasteiger partial charge in [-0.3, -0.25) is 0 Å². The number of halogens is 1. The largest absolute Gasteiger partial charge is 0.493 e. The highest BCUT2D eigenvalue weighted by Gasteiger charge is 2.07. The van der Waals surface area contributed by atoms with Crippen LogP contribution in [0.1, 0.15) is 96.5 Å². The summed E-state index contributed by atoms with van der Waals surface area (Å²) in [6, 6.07) is 7.77. The molecule has 0 bridgehead atoms. The van der Waals surface area contributed by atoms with E-state index < -0.39 is 6.17 Å². The van der Waals surface area contributed by atoms with Crippen LogP contribution in [-0.4, -0.2) is 22.7 Å². The van der Waals surface area contributed by atoms with E-state index >= 15 is 0 Å². The molecule has 2 aromatic rings. The fraction of sp³-hybridized carbons (Fsp3) is 0.630. The number of alkyl halides is 1. The van der Waals surface area contributed by atoms with Crippen LogP contribution in [0.4, 0.5) is 4.39 Å². The molecule has 1 aromatic heterocycles. The third-order valence-corrected chi connectivity index (χ3v) is 5.71. The maximum atomic E-state index is 14.0. The molecule has 0 N–H and O–H groups in total. The van der Waals surface area contributed by atoms with Gasteiger partial charge in [0.1, 0.15) is 11.9 Å². The Labute approximate surface area is 188 Å². The maximum Gasteiger partial charge on any atom is 0.159 e. The van der Waals surface area contributed by atoms with Gasteiger partial charge in [0.15, 0.2) is 5.82 Å². The summed E-state index contributed by atoms with van der Waals surface area (Å²) in [7, 11) is 0. The first-order valence-corrected chi connectivity index (χ1v) is 12.4. The first kappa shape index (κ1) is 25.3. The lowest BCUT2D eigenvalue weighted by molar-refractivity contribution is 0.222. The molecule has 1 unspecified atom stereocenters. The second kappa shape index (κ2) is 15.8. The van der Waals surface area contributed by atoms with Gasteiger partial charge in [0.2, 0.25) is 0 Å². The van der Waals surface area contributed by atoms with Crippen molar-refractivity contribution >= 4 is 0 Å². The quantitative estimate of drug-likeness (QED) is 0.239. The van der Waals surface area contributed by atoms with E-state index in [-0.39, 0.29) is 0 Å². The number of rotatable bonds is 17. The molecule has 0 amide bonds. The fourth-order valence-corrected chi connectivity index (χ4v) is 3.68. The van der Waals surface area contributed by atoms with Gasteiger partial charge in [-0.15, -0.1) is 0 Å². The van der Waals surface area contributed by atoms with Crippen LogP contribution in [0.15, 0.2) is 36.7 Å². The molecule has 0 spiro atoms. The summed E-state index contributed by atoms with van der Waals surface area (Å²) in [5.41, 5.74) is 2.17. The lowest BCUT2D eigenvalue weighted by Gasteiger charge is -2.10. The van der Waals surface area contributed by atoms with Crippen molar-refractivity contribution in [2.24, 2.45) is 0 Å². The van der Waals surface area contributed by atoms with Gasteiger partial charge in [0.25, 0.3) is 0 Å². The molecule has 0 aliphatic carbocycles. The van der Waals surface area contributed by atoms with E-state index in [2.05, 4.69) is 23.8 Å². The zero-order valence-electron chi connectivity index (χ0n) is 19.6. The van der Waals surface area contributed by atoms with Crippen LogP contribution in [0.5, 0.6) is 5.75 Å². The van der Waals surface area contributed by atoms with E-state index in [4.69, 9.17) is 4.74 Å². The number of aryl methyl sites for hydroxylation is 1. The van der Waals surface area contributed by atoms with Crippen LogP contribution in [0.25, 0.3) is 11.4 Å². The highest BCUT2D eigenvalue weighted by atomic mass is 19.1. The molecule has 0 saturated carbocycles. The number of nitrogens with zero attached hydrogens (tertiary/aromatic N) is 2. The van der Waals surface area contributed by atoms with Crippen LogP contribution in [0.3, 0.4) is 0 Å². The van der Waals surface area contributed by atoms with Crippen LogP contribution < -0.4 is 4.74 Å². The average molecular weight is 429 g/mol. The van der Waals surface area contributed by atoms with Gasteiger partial charge < -0.3 is 4.74 Å². The van der Waals surface area contributed by atoms with Gasteiger partial charge in [-0.1, -0.05) is 71.6 Å². The third kappa shape index (κ3) is 10.8. The molecular formula is C27H41FN2O. The van der Waals surface area contributed by atoms with Crippen molar-refractivity contribution in [3.05, 3.63) is 42.2 Å². The monoisotopic (exact) mass is 428 g/mol. The molecule has 1 heterocycles. The predicted molar refractivity (Wildman–Crippen MR) is 128 cm³/mol. The SMILES string of the molecule is CCCCCCCc1cnc(-c2ccc(OCCC(F)CCCCCCC)cc2)nc1. The Morgan fingerprint density at radius 1 is 0.774 bits per heavy atom. The predicted octanol–water partition coefficient (Wildman–Crippen LogP) is 8.12. The van der Waals surface area contributed by atoms with Gasteiger partial charge in [0.05, 0.1) is 6.61 Å². The Hall–Kier alpha value is -1.97. The number of ether oxygens (including phenoxy) is 1. The second-order valence-electron chi connectivity index (χ2n) is 8.54. The van der Waals surface area contributed by atoms with E-state index in [0.717, 1.165) is 36.4 Å². The van der Waals surface area contributed by atoms with Crippen molar-refractivity contribution in [2.45, 2.75) is 103 Å². The molecule has 172 valence electrons. The van der Waals surface area contributed by atoms with Crippen LogP contribution in [0.2, 0.25) is 0 Å². The summed E-state index contributed by atoms with van der Waals surface area (Å²) >= 11 is 0. The number of hydrogen-bond donors (Lipinski definition) is 0. The Morgan fingerprint density at radius 2 is 1.39 bits per heavy atom. The van der Waals surface area contributed by atoms with Crippen molar-refractivity contribution in [2.75, 3.05) is 6.61 Å². The molecule has 1 atom stereocenters. The number of benzene rings is 1. The zero-order chi connectivity index (χ0) is 22.2. The lowest BCUT2D eigenvalue weighted by atomic mass is 10.1. The molecular weight excluding hydrogens is 387 g/mol. The Morgan fingerprint density at radius 3 is 2.03 bits per heavy atom. The number of aromatic nitrogens is 2. The Kier molecular flexibility index (Phi) is 12.9. The minimum absolute atomic E-state index is 0.416. The number of unbranched alkanes of at least 4 members (excludes halogenated alkanes) is 8. The van der Waals surface area contributed by atoms with Crippen LogP contribution >= 0.6 is 0 Å². The summed E-state index contributed by atoms with van der Waals surface area (Å²) in [5.74, 6) is 1.50. The molecule has 31 heavy (non-hydrogen) atoms. The normalized spacial score (nSPS) is 12.1. The van der Waals surface area contributed by atoms with Gasteiger partial charge in [0, 0.05) is 24.4 Å². The minimum Gasteiger partial charge on any atom is -0.493 e. The smallest absolute Gasteiger partial charge is 0.159 e. The highest BCUT2D eigenvalue weighted by Crippen LogP contribution is 2.20. The van der Waals surface area contributed by atoms with Crippen molar-refractivity contribution in [3.63, 3.8) is 0 Å². The summed E-state index contributed by atoms with van der Waals surface area (Å²) in [6.45, 7) is 4.85. The van der Waals surface area contributed by atoms with E-state index in [1.165, 1.54) is 56.9 Å². The van der Waals surface area contributed by atoms with Gasteiger partial charge >= 0.3 is 0 Å². The molecule has 0 aliphatic rings. The first-order valence-electron chi connectivity index (χ1n) is 12.4. The van der Waals surface area contributed by atoms with Crippen molar-refractivity contribution < 1.29 is 9.13 Å². The molecule has 2 rings (SSSR count). The van der Waals surface area contributed by atoms with E-state index in [9.17, 15) is 4.39 Å². The summed E-state index contributed by atoms with van der Waals surface area (Å²) in [4.78, 5) is 9.05. The third-order valence-electron chi connectivity index (χ3n) is 5.71. The Bertz CT molecular complexity index is 687. The summed E-state index contributed by atoms with van der Waals surface area (Å²) < 4.78 is 19.7. The van der Waals surface area contributed by atoms with E-state index in [1.807, 2.05) is 36.7 Å². The van der Waals surface area contributed by atoms with E-state index in [1.54, 1.807) is 0 Å². The highest BCUT2D eigenvalue weighted by molar-refractivity contribution is 5.55. The first-order chi connectivity index (χ1) is 15.2. The molecule has 4 heteroatoms. The summed E-state index contributed by atoms with van der Waals surface area (Å²) in [6.07, 6.45) is 17.5. The van der Waals surface area contributed by atoms with Crippen LogP contribution in [-0.2, 0) is 6.42 Å². The van der Waals surface area contributed by atoms with E-state index in [0.29, 0.717) is 19.4 Å². The van der Waals surface area contributed by atoms with Gasteiger partial charge in [-0.05, 0) is 49.1 Å². The van der Waals surface area contributed by atoms with Crippen molar-refractivity contribution in [1.82, 2.24) is 9.97 Å². The van der Waals surface area contributed by atoms with Crippen LogP contribution in [0, 0.1) is 0 Å². The maximum absolute atomic E-state index is 14.0.